The summed E-state index contributed by atoms with van der Waals surface area (Å²) in [7, 11) is -3.44. The third-order valence-electron chi connectivity index (χ3n) is 0. The van der Waals surface area contributed by atoms with Crippen LogP contribution in [-0.4, -0.2) is 65.7 Å². The van der Waals surface area contributed by atoms with Gasteiger partial charge in [0.1, 0.15) is 0 Å². The van der Waals surface area contributed by atoms with Gasteiger partial charge in [0.25, 0.3) is 0 Å². The Bertz CT molecular complexity index is 92.0. The van der Waals surface area contributed by atoms with Crippen molar-refractivity contribution >= 4 is 21.8 Å². The van der Waals surface area contributed by atoms with E-state index in [0.717, 1.165) is 0 Å². The lowest BCUT2D eigenvalue weighted by atomic mass is 10.3. The van der Waals surface area contributed by atoms with Crippen LogP contribution in [-0.2, 0) is 0 Å². The van der Waals surface area contributed by atoms with E-state index in [9.17, 15) is 0 Å². The van der Waals surface area contributed by atoms with E-state index in [-0.39, 0.29) is 14.5 Å². The Hall–Kier alpha value is 0.805. The van der Waals surface area contributed by atoms with Crippen LogP contribution >= 0.6 is 14.5 Å². The maximum atomic E-state index is 8.53. The Labute approximate surface area is 90.8 Å². The summed E-state index contributed by atoms with van der Waals surface area (Å²) in [5.74, 6) is 0. The smallest absolute Gasteiger partial charge is 0.0554 e. The normalized spacial score (nSPS) is 10.5. The van der Waals surface area contributed by atoms with E-state index in [0.29, 0.717) is 0 Å². The Morgan fingerprint density at radius 1 is 0.714 bits per heavy atom. The van der Waals surface area contributed by atoms with E-state index in [2.05, 4.69) is 53.3 Å². The minimum absolute atomic E-state index is 0.389. The summed E-state index contributed by atoms with van der Waals surface area (Å²) in [5.41, 5.74) is 0. The SMILES string of the molecule is C[P+](C)(C)C.C[P+](C)(C)C.[O-]B([O-])O. The highest BCUT2D eigenvalue weighted by Crippen LogP contribution is 2.40. The Kier molecular flexibility index (Phi) is 13.1. The van der Waals surface area contributed by atoms with Gasteiger partial charge in [-0.2, -0.15) is 0 Å². The van der Waals surface area contributed by atoms with E-state index in [1.165, 1.54) is 0 Å². The fourth-order valence-electron chi connectivity index (χ4n) is 0. The highest BCUT2D eigenvalue weighted by Gasteiger charge is 2.03. The highest BCUT2D eigenvalue weighted by atomic mass is 31.2. The van der Waals surface area contributed by atoms with E-state index in [4.69, 9.17) is 15.1 Å². The molecule has 88 valence electrons. The van der Waals surface area contributed by atoms with Gasteiger partial charge in [-0.15, -0.1) is 0 Å². The van der Waals surface area contributed by atoms with Crippen LogP contribution in [0.2, 0.25) is 0 Å². The second-order valence-electron chi connectivity index (χ2n) is 5.67. The maximum Gasteiger partial charge on any atom is 0.0554 e. The molecule has 0 spiro atoms. The van der Waals surface area contributed by atoms with Crippen molar-refractivity contribution < 1.29 is 15.1 Å². The van der Waals surface area contributed by atoms with Crippen LogP contribution in [0, 0.1) is 0 Å². The van der Waals surface area contributed by atoms with E-state index in [1.807, 2.05) is 0 Å². The van der Waals surface area contributed by atoms with E-state index in [1.54, 1.807) is 0 Å². The Morgan fingerprint density at radius 3 is 0.714 bits per heavy atom. The van der Waals surface area contributed by atoms with Gasteiger partial charge in [-0.25, -0.2) is 0 Å². The molecule has 0 bridgehead atoms. The summed E-state index contributed by atoms with van der Waals surface area (Å²) in [6.07, 6.45) is 0. The first-order valence-electron chi connectivity index (χ1n) is 4.31. The highest BCUT2D eigenvalue weighted by molar-refractivity contribution is 7.73. The van der Waals surface area contributed by atoms with Crippen LogP contribution < -0.4 is 10.0 Å². The van der Waals surface area contributed by atoms with Crippen molar-refractivity contribution in [1.82, 2.24) is 0 Å². The van der Waals surface area contributed by atoms with Gasteiger partial charge in [0, 0.05) is 67.8 Å². The molecule has 0 rings (SSSR count). The molecule has 3 nitrogen and oxygen atoms in total. The predicted molar refractivity (Wildman–Crippen MR) is 69.2 cm³/mol. The molecule has 14 heavy (non-hydrogen) atoms. The summed E-state index contributed by atoms with van der Waals surface area (Å²) < 4.78 is 0. The molecule has 0 unspecified atom stereocenters. The molecule has 0 aliphatic rings. The van der Waals surface area contributed by atoms with Crippen molar-refractivity contribution in [2.45, 2.75) is 0 Å². The first-order chi connectivity index (χ1) is 5.73. The fraction of sp³-hybridized carbons (Fsp3) is 1.00. The minimum Gasteiger partial charge on any atom is -0.871 e. The standard InChI is InChI=1S/2C4H12P.BHO3/c2*1-5(2,3)4;2-1(3)4/h2*1-4H3;2H/q2*+1;-2. The van der Waals surface area contributed by atoms with Crippen molar-refractivity contribution in [1.29, 1.82) is 0 Å². The summed E-state index contributed by atoms with van der Waals surface area (Å²) >= 11 is 0. The third-order valence-corrected chi connectivity index (χ3v) is 0. The lowest BCUT2D eigenvalue weighted by Gasteiger charge is -2.13. The lowest BCUT2D eigenvalue weighted by molar-refractivity contribution is -0.376. The van der Waals surface area contributed by atoms with Crippen LogP contribution in [0.25, 0.3) is 0 Å². The summed E-state index contributed by atoms with van der Waals surface area (Å²) in [6.45, 7) is 18.4. The molecular formula is C8H25BO3P2. The molecule has 0 saturated carbocycles. The van der Waals surface area contributed by atoms with Crippen molar-refractivity contribution in [2.75, 3.05) is 53.3 Å². The first kappa shape index (κ1) is 20.2. The molecular weight excluding hydrogens is 217 g/mol. The van der Waals surface area contributed by atoms with Gasteiger partial charge in [0.2, 0.25) is 0 Å². The molecule has 0 amide bonds. The van der Waals surface area contributed by atoms with Crippen LogP contribution in [0.15, 0.2) is 0 Å². The molecule has 6 heteroatoms. The predicted octanol–water partition coefficient (Wildman–Crippen LogP) is -0.269. The fourth-order valence-corrected chi connectivity index (χ4v) is 0. The molecule has 0 atom stereocenters. The van der Waals surface area contributed by atoms with E-state index >= 15 is 0 Å². The van der Waals surface area contributed by atoms with Gasteiger partial charge < -0.3 is 15.1 Å². The number of rotatable bonds is 0. The molecule has 0 aliphatic heterocycles. The third kappa shape index (κ3) is 2750. The summed E-state index contributed by atoms with van der Waals surface area (Å²) in [4.78, 5) is 0. The molecule has 0 fully saturated rings. The molecule has 0 aliphatic carbocycles. The zero-order valence-electron chi connectivity index (χ0n) is 10.7. The molecule has 0 aromatic heterocycles. The van der Waals surface area contributed by atoms with Crippen LogP contribution in [0.4, 0.5) is 0 Å². The molecule has 0 aromatic carbocycles. The van der Waals surface area contributed by atoms with Gasteiger partial charge in [-0.3, -0.25) is 0 Å². The maximum absolute atomic E-state index is 8.53. The van der Waals surface area contributed by atoms with Crippen molar-refractivity contribution in [2.24, 2.45) is 0 Å². The van der Waals surface area contributed by atoms with Crippen molar-refractivity contribution in [3.05, 3.63) is 0 Å². The summed E-state index contributed by atoms with van der Waals surface area (Å²) in [6, 6.07) is 0. The minimum atomic E-state index is -2.67. The average Bonchev–Trinajstić information content (AvgIpc) is 1.45. The van der Waals surface area contributed by atoms with Gasteiger partial charge in [-0.1, -0.05) is 0 Å². The Balaban J connectivity index is -0.000000131. The second-order valence-corrected chi connectivity index (χ2v) is 16.4. The monoisotopic (exact) mass is 242 g/mol. The molecule has 0 saturated heterocycles. The number of hydrogen-bond donors (Lipinski definition) is 1. The average molecular weight is 242 g/mol. The first-order valence-corrected chi connectivity index (χ1v) is 11.5. The quantitative estimate of drug-likeness (QED) is 0.469. The molecule has 1 N–H and O–H groups in total. The van der Waals surface area contributed by atoms with Crippen molar-refractivity contribution in [3.63, 3.8) is 0 Å². The van der Waals surface area contributed by atoms with E-state index < -0.39 is 7.32 Å². The zero-order chi connectivity index (χ0) is 12.6. The molecule has 0 aromatic rings. The van der Waals surface area contributed by atoms with Crippen LogP contribution in [0.5, 0.6) is 0 Å². The molecule has 0 radical (unpaired) electrons. The van der Waals surface area contributed by atoms with Crippen LogP contribution in [0.1, 0.15) is 0 Å². The topological polar surface area (TPSA) is 66.3 Å². The van der Waals surface area contributed by atoms with Crippen LogP contribution in [0.3, 0.4) is 0 Å². The van der Waals surface area contributed by atoms with Gasteiger partial charge in [0.05, 0.1) is 7.32 Å². The van der Waals surface area contributed by atoms with Gasteiger partial charge >= 0.3 is 0 Å². The lowest BCUT2D eigenvalue weighted by Crippen LogP contribution is -2.44. The Morgan fingerprint density at radius 2 is 0.714 bits per heavy atom. The van der Waals surface area contributed by atoms with Gasteiger partial charge in [-0.05, 0) is 0 Å². The largest absolute Gasteiger partial charge is 0.871 e. The summed E-state index contributed by atoms with van der Waals surface area (Å²) in [5, 5.41) is 24.0. The van der Waals surface area contributed by atoms with Gasteiger partial charge in [0.15, 0.2) is 0 Å². The molecule has 0 heterocycles. The second kappa shape index (κ2) is 9.06. The van der Waals surface area contributed by atoms with Crippen molar-refractivity contribution in [3.8, 4) is 0 Å². The zero-order valence-corrected chi connectivity index (χ0v) is 12.5. The number of hydrogen-bond acceptors (Lipinski definition) is 3.